The van der Waals surface area contributed by atoms with Gasteiger partial charge in [0.2, 0.25) is 5.91 Å². The maximum Gasteiger partial charge on any atom is 0.229 e. The molecule has 1 heterocycles. The Hall–Kier alpha value is -2.86. The van der Waals surface area contributed by atoms with Gasteiger partial charge in [-0.15, -0.1) is 11.3 Å². The van der Waals surface area contributed by atoms with E-state index < -0.39 is 0 Å². The Balaban J connectivity index is 1.47. The lowest BCUT2D eigenvalue weighted by Crippen LogP contribution is -2.15. The summed E-state index contributed by atoms with van der Waals surface area (Å²) in [6, 6.07) is 15.8. The van der Waals surface area contributed by atoms with E-state index in [1.807, 2.05) is 30.5 Å². The van der Waals surface area contributed by atoms with Gasteiger partial charge in [-0.05, 0) is 24.6 Å². The van der Waals surface area contributed by atoms with E-state index >= 15 is 0 Å². The Morgan fingerprint density at radius 2 is 1.85 bits per heavy atom. The average Bonchev–Trinajstić information content (AvgIpc) is 3.10. The van der Waals surface area contributed by atoms with Crippen molar-refractivity contribution >= 4 is 22.4 Å². The Labute approximate surface area is 163 Å². The molecule has 1 N–H and O–H groups in total. The molecule has 0 saturated carbocycles. The molecule has 0 aliphatic heterocycles. The lowest BCUT2D eigenvalue weighted by molar-refractivity contribution is -0.116. The van der Waals surface area contributed by atoms with Crippen molar-refractivity contribution in [3.8, 4) is 11.5 Å². The molecule has 0 atom stereocenters. The number of aromatic nitrogens is 1. The number of amides is 1. The summed E-state index contributed by atoms with van der Waals surface area (Å²) in [6.45, 7) is 2.34. The summed E-state index contributed by atoms with van der Waals surface area (Å²) in [5.41, 5.74) is 2.47. The van der Waals surface area contributed by atoms with Gasteiger partial charge in [0.05, 0.1) is 20.1 Å². The van der Waals surface area contributed by atoms with Crippen LogP contribution in [0.5, 0.6) is 11.5 Å². The van der Waals surface area contributed by atoms with Crippen molar-refractivity contribution in [2.45, 2.75) is 19.8 Å². The number of benzene rings is 2. The molecule has 0 unspecified atom stereocenters. The molecular weight excluding hydrogens is 360 g/mol. The number of rotatable bonds is 8. The fourth-order valence-electron chi connectivity index (χ4n) is 2.53. The molecule has 1 amide bonds. The smallest absolute Gasteiger partial charge is 0.229 e. The molecule has 0 fully saturated rings. The number of para-hydroxylation sites is 2. The third-order valence-corrected chi connectivity index (χ3v) is 4.87. The van der Waals surface area contributed by atoms with Crippen LogP contribution in [0.25, 0.3) is 0 Å². The number of hydrogen-bond donors (Lipinski definition) is 1. The minimum absolute atomic E-state index is 0.124. The number of nitrogens with zero attached hydrogens (tertiary/aromatic N) is 1. The van der Waals surface area contributed by atoms with Crippen LogP contribution in [0.1, 0.15) is 22.4 Å². The normalized spacial score (nSPS) is 10.4. The monoisotopic (exact) mass is 382 g/mol. The molecule has 0 aliphatic carbocycles. The van der Waals surface area contributed by atoms with E-state index in [2.05, 4.69) is 41.5 Å². The molecule has 27 heavy (non-hydrogen) atoms. The van der Waals surface area contributed by atoms with Crippen LogP contribution in [0.15, 0.2) is 54.7 Å². The number of thiazole rings is 1. The van der Waals surface area contributed by atoms with Crippen LogP contribution in [-0.4, -0.2) is 24.6 Å². The molecule has 0 bridgehead atoms. The number of carbonyl (C=O) groups is 1. The van der Waals surface area contributed by atoms with Gasteiger partial charge in [0.1, 0.15) is 0 Å². The molecule has 3 rings (SSSR count). The van der Waals surface area contributed by atoms with Crippen LogP contribution in [-0.2, 0) is 11.2 Å². The SMILES string of the molecule is COc1ccccc1OCCC(=O)Nc1ncc(Cc2ccc(C)cc2)s1. The summed E-state index contributed by atoms with van der Waals surface area (Å²) in [5, 5.41) is 3.44. The van der Waals surface area contributed by atoms with Crippen molar-refractivity contribution < 1.29 is 14.3 Å². The standard InChI is InChI=1S/C21H22N2O3S/c1-15-7-9-16(10-8-15)13-17-14-22-21(27-17)23-20(24)11-12-26-19-6-4-3-5-18(19)25-2/h3-10,14H,11-13H2,1-2H3,(H,22,23,24). The van der Waals surface area contributed by atoms with Crippen molar-refractivity contribution in [3.05, 3.63) is 70.7 Å². The van der Waals surface area contributed by atoms with Crippen LogP contribution in [0.3, 0.4) is 0 Å². The van der Waals surface area contributed by atoms with Crippen LogP contribution < -0.4 is 14.8 Å². The van der Waals surface area contributed by atoms with Crippen LogP contribution in [0.2, 0.25) is 0 Å². The first-order valence-electron chi connectivity index (χ1n) is 8.70. The van der Waals surface area contributed by atoms with E-state index in [4.69, 9.17) is 9.47 Å². The number of hydrogen-bond acceptors (Lipinski definition) is 5. The van der Waals surface area contributed by atoms with Crippen molar-refractivity contribution in [3.63, 3.8) is 0 Å². The van der Waals surface area contributed by atoms with Gasteiger partial charge in [0.25, 0.3) is 0 Å². The van der Waals surface area contributed by atoms with Crippen molar-refractivity contribution in [1.82, 2.24) is 4.98 Å². The molecular formula is C21H22N2O3S. The first-order valence-corrected chi connectivity index (χ1v) is 9.51. The van der Waals surface area contributed by atoms with Gasteiger partial charge in [-0.1, -0.05) is 42.0 Å². The number of methoxy groups -OCH3 is 1. The highest BCUT2D eigenvalue weighted by Gasteiger charge is 2.09. The van der Waals surface area contributed by atoms with E-state index in [0.717, 1.165) is 11.3 Å². The Kier molecular flexibility index (Phi) is 6.44. The fourth-order valence-corrected chi connectivity index (χ4v) is 3.39. The fraction of sp³-hybridized carbons (Fsp3) is 0.238. The molecule has 0 radical (unpaired) electrons. The van der Waals surface area contributed by atoms with E-state index in [0.29, 0.717) is 16.6 Å². The second-order valence-electron chi connectivity index (χ2n) is 6.09. The van der Waals surface area contributed by atoms with Crippen molar-refractivity contribution in [2.75, 3.05) is 19.0 Å². The van der Waals surface area contributed by atoms with Gasteiger partial charge in [0, 0.05) is 17.5 Å². The molecule has 1 aromatic heterocycles. The summed E-state index contributed by atoms with van der Waals surface area (Å²) in [6.07, 6.45) is 2.86. The Bertz CT molecular complexity index is 890. The average molecular weight is 382 g/mol. The maximum atomic E-state index is 12.1. The third-order valence-electron chi connectivity index (χ3n) is 3.95. The first kappa shape index (κ1) is 18.9. The molecule has 0 saturated heterocycles. The molecule has 6 heteroatoms. The van der Waals surface area contributed by atoms with Crippen LogP contribution in [0, 0.1) is 6.92 Å². The largest absolute Gasteiger partial charge is 0.493 e. The second kappa shape index (κ2) is 9.19. The topological polar surface area (TPSA) is 60.5 Å². The predicted octanol–water partition coefficient (Wildman–Crippen LogP) is 4.46. The third kappa shape index (κ3) is 5.56. The highest BCUT2D eigenvalue weighted by Crippen LogP contribution is 2.26. The second-order valence-corrected chi connectivity index (χ2v) is 7.21. The van der Waals surface area contributed by atoms with Crippen molar-refractivity contribution in [1.29, 1.82) is 0 Å². The van der Waals surface area contributed by atoms with Crippen molar-refractivity contribution in [2.24, 2.45) is 0 Å². The summed E-state index contributed by atoms with van der Waals surface area (Å²) in [4.78, 5) is 17.5. The predicted molar refractivity (Wildman–Crippen MR) is 108 cm³/mol. The molecule has 0 aliphatic rings. The highest BCUT2D eigenvalue weighted by atomic mass is 32.1. The van der Waals surface area contributed by atoms with E-state index in [1.54, 1.807) is 7.11 Å². The molecule has 3 aromatic rings. The zero-order chi connectivity index (χ0) is 19.1. The van der Waals surface area contributed by atoms with E-state index in [1.165, 1.54) is 22.5 Å². The van der Waals surface area contributed by atoms with Gasteiger partial charge >= 0.3 is 0 Å². The number of aryl methyl sites for hydroxylation is 1. The van der Waals surface area contributed by atoms with E-state index in [9.17, 15) is 4.79 Å². The number of nitrogens with one attached hydrogen (secondary N) is 1. The molecule has 0 spiro atoms. The number of carbonyl (C=O) groups excluding carboxylic acids is 1. The van der Waals surface area contributed by atoms with E-state index in [-0.39, 0.29) is 18.9 Å². The Morgan fingerprint density at radius 1 is 1.11 bits per heavy atom. The van der Waals surface area contributed by atoms with Gasteiger partial charge in [-0.3, -0.25) is 4.79 Å². The molecule has 2 aromatic carbocycles. The number of ether oxygens (including phenoxy) is 2. The lowest BCUT2D eigenvalue weighted by Gasteiger charge is -2.09. The summed E-state index contributed by atoms with van der Waals surface area (Å²) in [5.74, 6) is 1.15. The Morgan fingerprint density at radius 3 is 2.59 bits per heavy atom. The molecule has 140 valence electrons. The van der Waals surface area contributed by atoms with Gasteiger partial charge in [-0.2, -0.15) is 0 Å². The minimum Gasteiger partial charge on any atom is -0.493 e. The summed E-state index contributed by atoms with van der Waals surface area (Å²) < 4.78 is 10.9. The number of anilines is 1. The maximum absolute atomic E-state index is 12.1. The summed E-state index contributed by atoms with van der Waals surface area (Å²) >= 11 is 1.49. The van der Waals surface area contributed by atoms with Crippen LogP contribution >= 0.6 is 11.3 Å². The highest BCUT2D eigenvalue weighted by molar-refractivity contribution is 7.15. The quantitative estimate of drug-likeness (QED) is 0.625. The summed E-state index contributed by atoms with van der Waals surface area (Å²) in [7, 11) is 1.59. The van der Waals surface area contributed by atoms with Gasteiger partial charge < -0.3 is 14.8 Å². The lowest BCUT2D eigenvalue weighted by atomic mass is 10.1. The van der Waals surface area contributed by atoms with Crippen LogP contribution in [0.4, 0.5) is 5.13 Å². The molecule has 5 nitrogen and oxygen atoms in total. The van der Waals surface area contributed by atoms with Gasteiger partial charge in [0.15, 0.2) is 16.6 Å². The zero-order valence-corrected chi connectivity index (χ0v) is 16.2. The first-order chi connectivity index (χ1) is 13.1. The van der Waals surface area contributed by atoms with Gasteiger partial charge in [-0.25, -0.2) is 4.98 Å². The minimum atomic E-state index is -0.124. The zero-order valence-electron chi connectivity index (χ0n) is 15.4.